The molecule has 0 aliphatic rings. The second kappa shape index (κ2) is 6.43. The third kappa shape index (κ3) is 3.16. The van der Waals surface area contributed by atoms with Gasteiger partial charge in [-0.25, -0.2) is 9.67 Å². The quantitative estimate of drug-likeness (QED) is 0.731. The fourth-order valence-electron chi connectivity index (χ4n) is 2.48. The summed E-state index contributed by atoms with van der Waals surface area (Å²) in [6.07, 6.45) is 6.34. The zero-order chi connectivity index (χ0) is 15.4. The summed E-state index contributed by atoms with van der Waals surface area (Å²) in [6, 6.07) is 8.23. The Hall–Kier alpha value is -2.63. The Balaban J connectivity index is 1.50. The first-order valence-electron chi connectivity index (χ1n) is 7.40. The van der Waals surface area contributed by atoms with Crippen molar-refractivity contribution in [3.63, 3.8) is 0 Å². The van der Waals surface area contributed by atoms with Gasteiger partial charge in [-0.05, 0) is 25.0 Å². The van der Waals surface area contributed by atoms with Gasteiger partial charge < -0.3 is 10.3 Å². The predicted octanol–water partition coefficient (Wildman–Crippen LogP) is 2.07. The van der Waals surface area contributed by atoms with Crippen LogP contribution in [0.15, 0.2) is 43.1 Å². The van der Waals surface area contributed by atoms with E-state index < -0.39 is 0 Å². The molecule has 22 heavy (non-hydrogen) atoms. The van der Waals surface area contributed by atoms with E-state index in [-0.39, 0.29) is 11.9 Å². The predicted molar refractivity (Wildman–Crippen MR) is 84.4 cm³/mol. The Bertz CT molecular complexity index is 747. The topological polar surface area (TPSA) is 75.6 Å². The SMILES string of the molecule is CC(CNC(=O)CCc1c[nH]c2ccccc12)n1cncn1. The van der Waals surface area contributed by atoms with Crippen LogP contribution in [0.3, 0.4) is 0 Å². The Labute approximate surface area is 128 Å². The van der Waals surface area contributed by atoms with Crippen LogP contribution in [0.5, 0.6) is 0 Å². The number of nitrogens with one attached hydrogen (secondary N) is 2. The number of aromatic amines is 1. The lowest BCUT2D eigenvalue weighted by Crippen LogP contribution is -2.29. The summed E-state index contributed by atoms with van der Waals surface area (Å²) >= 11 is 0. The van der Waals surface area contributed by atoms with E-state index >= 15 is 0 Å². The van der Waals surface area contributed by atoms with Gasteiger partial charge in [-0.2, -0.15) is 5.10 Å². The van der Waals surface area contributed by atoms with Gasteiger partial charge in [0.2, 0.25) is 5.91 Å². The molecule has 0 bridgehead atoms. The zero-order valence-corrected chi connectivity index (χ0v) is 12.5. The molecule has 114 valence electrons. The summed E-state index contributed by atoms with van der Waals surface area (Å²) < 4.78 is 1.74. The molecule has 0 aliphatic carbocycles. The number of hydrogen-bond donors (Lipinski definition) is 2. The van der Waals surface area contributed by atoms with Gasteiger partial charge in [0.15, 0.2) is 0 Å². The molecule has 0 radical (unpaired) electrons. The van der Waals surface area contributed by atoms with Crippen molar-refractivity contribution in [1.29, 1.82) is 0 Å². The van der Waals surface area contributed by atoms with Crippen molar-refractivity contribution in [3.05, 3.63) is 48.7 Å². The molecule has 3 rings (SSSR count). The van der Waals surface area contributed by atoms with E-state index in [1.165, 1.54) is 17.3 Å². The minimum Gasteiger partial charge on any atom is -0.361 e. The van der Waals surface area contributed by atoms with Crippen molar-refractivity contribution in [2.75, 3.05) is 6.54 Å². The average molecular weight is 297 g/mol. The van der Waals surface area contributed by atoms with Gasteiger partial charge in [-0.15, -0.1) is 0 Å². The Morgan fingerprint density at radius 1 is 1.41 bits per heavy atom. The van der Waals surface area contributed by atoms with E-state index in [1.807, 2.05) is 31.3 Å². The van der Waals surface area contributed by atoms with Crippen molar-refractivity contribution >= 4 is 16.8 Å². The number of hydrogen-bond acceptors (Lipinski definition) is 3. The highest BCUT2D eigenvalue weighted by atomic mass is 16.1. The van der Waals surface area contributed by atoms with Crippen LogP contribution in [0.2, 0.25) is 0 Å². The average Bonchev–Trinajstić information content (AvgIpc) is 3.20. The molecule has 1 unspecified atom stereocenters. The van der Waals surface area contributed by atoms with Crippen LogP contribution in [0, 0.1) is 0 Å². The molecule has 2 N–H and O–H groups in total. The van der Waals surface area contributed by atoms with Gasteiger partial charge in [0.25, 0.3) is 0 Å². The van der Waals surface area contributed by atoms with Crippen LogP contribution in [0.25, 0.3) is 10.9 Å². The van der Waals surface area contributed by atoms with Crippen LogP contribution in [-0.2, 0) is 11.2 Å². The molecule has 2 aromatic heterocycles. The minimum atomic E-state index is 0.0530. The molecule has 6 heteroatoms. The third-order valence-corrected chi connectivity index (χ3v) is 3.78. The number of fused-ring (bicyclic) bond motifs is 1. The summed E-state index contributed by atoms with van der Waals surface area (Å²) in [7, 11) is 0. The normalized spacial score (nSPS) is 12.4. The molecule has 1 aromatic carbocycles. The lowest BCUT2D eigenvalue weighted by Gasteiger charge is -2.12. The van der Waals surface area contributed by atoms with Gasteiger partial charge in [0.05, 0.1) is 6.04 Å². The van der Waals surface area contributed by atoms with Crippen molar-refractivity contribution in [1.82, 2.24) is 25.1 Å². The van der Waals surface area contributed by atoms with Crippen molar-refractivity contribution in [2.24, 2.45) is 0 Å². The molecule has 6 nitrogen and oxygen atoms in total. The van der Waals surface area contributed by atoms with E-state index in [0.717, 1.165) is 11.9 Å². The molecule has 0 saturated carbocycles. The van der Waals surface area contributed by atoms with Crippen LogP contribution < -0.4 is 5.32 Å². The monoisotopic (exact) mass is 297 g/mol. The fraction of sp³-hybridized carbons (Fsp3) is 0.312. The second-order valence-corrected chi connectivity index (χ2v) is 5.39. The van der Waals surface area contributed by atoms with Crippen LogP contribution in [-0.4, -0.2) is 32.2 Å². The standard InChI is InChI=1S/C16H19N5O/c1-12(21-11-17-10-20-21)8-19-16(22)7-6-13-9-18-15-5-3-2-4-14(13)15/h2-5,9-12,18H,6-8H2,1H3,(H,19,22). The van der Waals surface area contributed by atoms with Crippen molar-refractivity contribution in [3.8, 4) is 0 Å². The first-order valence-corrected chi connectivity index (χ1v) is 7.40. The number of para-hydroxylation sites is 1. The summed E-state index contributed by atoms with van der Waals surface area (Å²) in [6.45, 7) is 2.55. The van der Waals surface area contributed by atoms with E-state index in [2.05, 4.69) is 26.4 Å². The number of benzene rings is 1. The maximum absolute atomic E-state index is 12.0. The number of rotatable bonds is 6. The van der Waals surface area contributed by atoms with E-state index in [9.17, 15) is 4.79 Å². The maximum atomic E-state index is 12.0. The molecule has 2 heterocycles. The fourth-order valence-corrected chi connectivity index (χ4v) is 2.48. The van der Waals surface area contributed by atoms with Gasteiger partial charge in [0.1, 0.15) is 12.7 Å². The molecule has 0 spiro atoms. The van der Waals surface area contributed by atoms with Crippen molar-refractivity contribution in [2.45, 2.75) is 25.8 Å². The van der Waals surface area contributed by atoms with Gasteiger partial charge in [0, 0.05) is 30.1 Å². The number of H-pyrrole nitrogens is 1. The number of carbonyl (C=O) groups is 1. The Morgan fingerprint density at radius 3 is 3.09 bits per heavy atom. The highest BCUT2D eigenvalue weighted by molar-refractivity contribution is 5.84. The lowest BCUT2D eigenvalue weighted by molar-refractivity contribution is -0.121. The summed E-state index contributed by atoms with van der Waals surface area (Å²) in [4.78, 5) is 19.1. The summed E-state index contributed by atoms with van der Waals surface area (Å²) in [5, 5.41) is 8.19. The van der Waals surface area contributed by atoms with E-state index in [1.54, 1.807) is 11.0 Å². The smallest absolute Gasteiger partial charge is 0.220 e. The molecule has 0 aliphatic heterocycles. The number of amides is 1. The number of aromatic nitrogens is 4. The van der Waals surface area contributed by atoms with E-state index in [0.29, 0.717) is 13.0 Å². The highest BCUT2D eigenvalue weighted by Gasteiger charge is 2.09. The first kappa shape index (κ1) is 14.3. The molecular formula is C16H19N5O. The highest BCUT2D eigenvalue weighted by Crippen LogP contribution is 2.18. The van der Waals surface area contributed by atoms with Gasteiger partial charge in [-0.1, -0.05) is 18.2 Å². The third-order valence-electron chi connectivity index (χ3n) is 3.78. The van der Waals surface area contributed by atoms with Gasteiger partial charge >= 0.3 is 0 Å². The summed E-state index contributed by atoms with van der Waals surface area (Å²) in [5.41, 5.74) is 2.28. The molecule has 1 amide bonds. The van der Waals surface area contributed by atoms with Gasteiger partial charge in [-0.3, -0.25) is 4.79 Å². The second-order valence-electron chi connectivity index (χ2n) is 5.39. The molecule has 0 fully saturated rings. The Kier molecular flexibility index (Phi) is 4.18. The van der Waals surface area contributed by atoms with Crippen LogP contribution in [0.1, 0.15) is 24.9 Å². The molecule has 0 saturated heterocycles. The van der Waals surface area contributed by atoms with Crippen LogP contribution >= 0.6 is 0 Å². The zero-order valence-electron chi connectivity index (χ0n) is 12.5. The molecule has 3 aromatic rings. The molecular weight excluding hydrogens is 278 g/mol. The molecule has 1 atom stereocenters. The summed E-state index contributed by atoms with van der Waals surface area (Å²) in [5.74, 6) is 0.0530. The first-order chi connectivity index (χ1) is 10.7. The Morgan fingerprint density at radius 2 is 2.27 bits per heavy atom. The van der Waals surface area contributed by atoms with E-state index in [4.69, 9.17) is 0 Å². The van der Waals surface area contributed by atoms with Crippen molar-refractivity contribution < 1.29 is 4.79 Å². The van der Waals surface area contributed by atoms with Crippen LogP contribution in [0.4, 0.5) is 0 Å². The number of carbonyl (C=O) groups excluding carboxylic acids is 1. The minimum absolute atomic E-state index is 0.0530. The number of aryl methyl sites for hydroxylation is 1. The maximum Gasteiger partial charge on any atom is 0.220 e. The largest absolute Gasteiger partial charge is 0.361 e. The number of nitrogens with zero attached hydrogens (tertiary/aromatic N) is 3. The lowest BCUT2D eigenvalue weighted by atomic mass is 10.1.